The smallest absolute Gasteiger partial charge is 0.0265 e. The Labute approximate surface area is 88.0 Å². The third-order valence-electron chi connectivity index (χ3n) is 1.75. The third kappa shape index (κ3) is 4.86. The minimum atomic E-state index is 0.840. The van der Waals surface area contributed by atoms with Crippen molar-refractivity contribution in [1.29, 1.82) is 0 Å². The van der Waals surface area contributed by atoms with E-state index in [1.54, 1.807) is 0 Å². The van der Waals surface area contributed by atoms with Crippen LogP contribution in [-0.4, -0.2) is 13.1 Å². The summed E-state index contributed by atoms with van der Waals surface area (Å²) in [5.74, 6) is 0. The van der Waals surface area contributed by atoms with Gasteiger partial charge in [-0.1, -0.05) is 52.8 Å². The molecule has 1 N–H and O–H groups in total. The van der Waals surface area contributed by atoms with Gasteiger partial charge >= 0.3 is 0 Å². The van der Waals surface area contributed by atoms with Crippen LogP contribution in [0.4, 0.5) is 0 Å². The van der Waals surface area contributed by atoms with Gasteiger partial charge in [-0.2, -0.15) is 0 Å². The normalized spacial score (nSPS) is 9.92. The van der Waals surface area contributed by atoms with Gasteiger partial charge in [0.05, 0.1) is 0 Å². The molecule has 0 atom stereocenters. The Balaban J connectivity index is 2.17. The number of nitrogens with one attached hydrogen (secondary N) is 1. The maximum Gasteiger partial charge on any atom is 0.0265 e. The van der Waals surface area contributed by atoms with E-state index in [0.29, 0.717) is 0 Å². The first-order valence-corrected chi connectivity index (χ1v) is 5.16. The van der Waals surface area contributed by atoms with Gasteiger partial charge in [-0.3, -0.25) is 0 Å². The largest absolute Gasteiger partial charge is 0.312 e. The molecule has 0 fully saturated rings. The van der Waals surface area contributed by atoms with Gasteiger partial charge in [0.1, 0.15) is 0 Å². The average molecular weight is 240 g/mol. The molecule has 1 aromatic carbocycles. The van der Waals surface area contributed by atoms with Crippen molar-refractivity contribution < 1.29 is 0 Å². The quantitative estimate of drug-likeness (QED) is 0.780. The van der Waals surface area contributed by atoms with E-state index in [-0.39, 0.29) is 0 Å². The Bertz CT molecular complexity index is 256. The highest BCUT2D eigenvalue weighted by molar-refractivity contribution is 9.11. The predicted octanol–water partition coefficient (Wildman–Crippen LogP) is 2.73. The van der Waals surface area contributed by atoms with Crippen LogP contribution in [0.15, 0.2) is 41.4 Å². The minimum Gasteiger partial charge on any atom is -0.312 e. The first-order valence-electron chi connectivity index (χ1n) is 4.37. The summed E-state index contributed by atoms with van der Waals surface area (Å²) in [6.45, 7) is 5.59. The van der Waals surface area contributed by atoms with Gasteiger partial charge in [0, 0.05) is 11.0 Å². The molecule has 0 aromatic heterocycles. The second-order valence-electron chi connectivity index (χ2n) is 2.93. The van der Waals surface area contributed by atoms with Gasteiger partial charge in [0.25, 0.3) is 0 Å². The van der Waals surface area contributed by atoms with Crippen LogP contribution in [0.2, 0.25) is 0 Å². The fraction of sp³-hybridized carbons (Fsp3) is 0.273. The van der Waals surface area contributed by atoms with Crippen LogP contribution in [0, 0.1) is 0 Å². The molecule has 0 radical (unpaired) electrons. The fourth-order valence-electron chi connectivity index (χ4n) is 1.10. The summed E-state index contributed by atoms with van der Waals surface area (Å²) in [6.07, 6.45) is 1.07. The van der Waals surface area contributed by atoms with Crippen molar-refractivity contribution >= 4 is 15.9 Å². The highest BCUT2D eigenvalue weighted by Crippen LogP contribution is 1.99. The Kier molecular flexibility index (Phi) is 4.79. The van der Waals surface area contributed by atoms with E-state index in [1.165, 1.54) is 5.56 Å². The summed E-state index contributed by atoms with van der Waals surface area (Å²) >= 11 is 3.30. The Morgan fingerprint density at radius 2 is 2.00 bits per heavy atom. The maximum atomic E-state index is 3.75. The van der Waals surface area contributed by atoms with Crippen LogP contribution >= 0.6 is 15.9 Å². The number of hydrogen-bond acceptors (Lipinski definition) is 1. The van der Waals surface area contributed by atoms with Crippen LogP contribution in [0.5, 0.6) is 0 Å². The molecule has 0 aliphatic carbocycles. The van der Waals surface area contributed by atoms with Crippen molar-refractivity contribution in [3.05, 3.63) is 47.0 Å². The highest BCUT2D eigenvalue weighted by Gasteiger charge is 1.91. The zero-order chi connectivity index (χ0) is 9.52. The summed E-state index contributed by atoms with van der Waals surface area (Å²) in [4.78, 5) is 0. The molecule has 1 nitrogen and oxygen atoms in total. The molecule has 0 bridgehead atoms. The monoisotopic (exact) mass is 239 g/mol. The zero-order valence-corrected chi connectivity index (χ0v) is 9.18. The molecule has 0 spiro atoms. The lowest BCUT2D eigenvalue weighted by Gasteiger charge is -2.02. The Morgan fingerprint density at radius 3 is 2.62 bits per heavy atom. The molecule has 70 valence electrons. The summed E-state index contributed by atoms with van der Waals surface area (Å²) in [5.41, 5.74) is 1.37. The molecule has 0 saturated carbocycles. The van der Waals surface area contributed by atoms with Gasteiger partial charge < -0.3 is 5.32 Å². The van der Waals surface area contributed by atoms with Crippen LogP contribution in [0.3, 0.4) is 0 Å². The number of halogens is 1. The Morgan fingerprint density at radius 1 is 1.31 bits per heavy atom. The molecular weight excluding hydrogens is 226 g/mol. The molecule has 0 saturated heterocycles. The number of hydrogen-bond donors (Lipinski definition) is 1. The summed E-state index contributed by atoms with van der Waals surface area (Å²) in [5, 5.41) is 3.29. The van der Waals surface area contributed by atoms with Crippen molar-refractivity contribution in [2.75, 3.05) is 13.1 Å². The minimum absolute atomic E-state index is 0.840. The molecule has 0 heterocycles. The van der Waals surface area contributed by atoms with Crippen LogP contribution in [0.1, 0.15) is 5.56 Å². The third-order valence-corrected chi connectivity index (χ3v) is 2.03. The van der Waals surface area contributed by atoms with Crippen LogP contribution in [-0.2, 0) is 6.42 Å². The lowest BCUT2D eigenvalue weighted by Crippen LogP contribution is -2.18. The first-order chi connectivity index (χ1) is 6.29. The van der Waals surface area contributed by atoms with Gasteiger partial charge in [-0.25, -0.2) is 0 Å². The van der Waals surface area contributed by atoms with E-state index in [2.05, 4.69) is 52.1 Å². The van der Waals surface area contributed by atoms with Crippen molar-refractivity contribution in [3.63, 3.8) is 0 Å². The van der Waals surface area contributed by atoms with Gasteiger partial charge in [0.2, 0.25) is 0 Å². The molecule has 0 aliphatic heterocycles. The maximum absolute atomic E-state index is 3.75. The molecule has 1 aromatic rings. The number of rotatable bonds is 5. The van der Waals surface area contributed by atoms with Crippen LogP contribution in [0.25, 0.3) is 0 Å². The van der Waals surface area contributed by atoms with Gasteiger partial charge in [-0.05, 0) is 18.5 Å². The van der Waals surface area contributed by atoms with Crippen molar-refractivity contribution in [2.24, 2.45) is 0 Å². The lowest BCUT2D eigenvalue weighted by molar-refractivity contribution is 0.742. The molecule has 13 heavy (non-hydrogen) atoms. The average Bonchev–Trinajstić information content (AvgIpc) is 2.14. The van der Waals surface area contributed by atoms with E-state index in [1.807, 2.05) is 6.07 Å². The molecule has 0 amide bonds. The SMILES string of the molecule is C=C(Br)CNCCc1ccccc1. The van der Waals surface area contributed by atoms with E-state index in [0.717, 1.165) is 24.0 Å². The molecular formula is C11H14BrN. The Hall–Kier alpha value is -0.600. The molecule has 0 unspecified atom stereocenters. The first kappa shape index (κ1) is 10.5. The van der Waals surface area contributed by atoms with Crippen molar-refractivity contribution in [1.82, 2.24) is 5.32 Å². The van der Waals surface area contributed by atoms with Crippen molar-refractivity contribution in [3.8, 4) is 0 Å². The topological polar surface area (TPSA) is 12.0 Å². The van der Waals surface area contributed by atoms with Crippen LogP contribution < -0.4 is 5.32 Å². The highest BCUT2D eigenvalue weighted by atomic mass is 79.9. The second-order valence-corrected chi connectivity index (χ2v) is 4.05. The summed E-state index contributed by atoms with van der Waals surface area (Å²) in [6, 6.07) is 10.5. The van der Waals surface area contributed by atoms with E-state index in [4.69, 9.17) is 0 Å². The van der Waals surface area contributed by atoms with Gasteiger partial charge in [-0.15, -0.1) is 0 Å². The predicted molar refractivity (Wildman–Crippen MR) is 61.1 cm³/mol. The van der Waals surface area contributed by atoms with E-state index in [9.17, 15) is 0 Å². The fourth-order valence-corrected chi connectivity index (χ4v) is 1.30. The van der Waals surface area contributed by atoms with E-state index < -0.39 is 0 Å². The van der Waals surface area contributed by atoms with E-state index >= 15 is 0 Å². The molecule has 2 heteroatoms. The van der Waals surface area contributed by atoms with Gasteiger partial charge in [0.15, 0.2) is 0 Å². The standard InChI is InChI=1S/C11H14BrN/c1-10(12)9-13-8-7-11-5-3-2-4-6-11/h2-6,13H,1,7-9H2. The molecule has 0 aliphatic rings. The molecule has 1 rings (SSSR count). The zero-order valence-electron chi connectivity index (χ0n) is 7.59. The number of benzene rings is 1. The van der Waals surface area contributed by atoms with Crippen molar-refractivity contribution in [2.45, 2.75) is 6.42 Å². The lowest BCUT2D eigenvalue weighted by atomic mass is 10.1. The summed E-state index contributed by atoms with van der Waals surface area (Å²) < 4.78 is 1.00. The second kappa shape index (κ2) is 5.95. The summed E-state index contributed by atoms with van der Waals surface area (Å²) in [7, 11) is 0.